The topological polar surface area (TPSA) is 48.6 Å². The van der Waals surface area contributed by atoms with Crippen LogP contribution in [0.25, 0.3) is 10.9 Å². The fraction of sp³-hybridized carbons (Fsp3) is 0.462. The van der Waals surface area contributed by atoms with Gasteiger partial charge in [0.2, 0.25) is 0 Å². The maximum atomic E-state index is 12.4. The van der Waals surface area contributed by atoms with Crippen molar-refractivity contribution in [2.75, 3.05) is 19.6 Å². The van der Waals surface area contributed by atoms with Gasteiger partial charge < -0.3 is 19.7 Å². The molecule has 30 heavy (non-hydrogen) atoms. The first-order valence-corrected chi connectivity index (χ1v) is 11.3. The second-order valence-corrected chi connectivity index (χ2v) is 9.95. The summed E-state index contributed by atoms with van der Waals surface area (Å²) < 4.78 is 2.32. The van der Waals surface area contributed by atoms with Crippen LogP contribution in [-0.2, 0) is 25.3 Å². The Morgan fingerprint density at radius 1 is 1.07 bits per heavy atom. The average molecular weight is 403 g/mol. The van der Waals surface area contributed by atoms with Crippen molar-refractivity contribution in [3.05, 3.63) is 65.4 Å². The molecule has 1 aliphatic heterocycles. The van der Waals surface area contributed by atoms with Gasteiger partial charge in [-0.3, -0.25) is 0 Å². The molecule has 1 saturated carbocycles. The highest BCUT2D eigenvalue weighted by Gasteiger charge is 2.58. The van der Waals surface area contributed by atoms with Crippen molar-refractivity contribution in [3.8, 4) is 5.75 Å². The third kappa shape index (κ3) is 2.60. The zero-order chi connectivity index (χ0) is 20.5. The maximum Gasteiger partial charge on any atom is 0.115 e. The van der Waals surface area contributed by atoms with E-state index < -0.39 is 5.60 Å². The number of piperidine rings is 1. The van der Waals surface area contributed by atoms with E-state index >= 15 is 0 Å². The van der Waals surface area contributed by atoms with Gasteiger partial charge in [-0.15, -0.1) is 0 Å². The van der Waals surface area contributed by atoms with E-state index in [9.17, 15) is 10.2 Å². The van der Waals surface area contributed by atoms with Crippen LogP contribution in [0.3, 0.4) is 0 Å². The number of aliphatic hydroxyl groups is 1. The molecule has 4 nitrogen and oxygen atoms in total. The monoisotopic (exact) mass is 402 g/mol. The highest BCUT2D eigenvalue weighted by atomic mass is 16.3. The molecule has 0 bridgehead atoms. The molecule has 2 atom stereocenters. The van der Waals surface area contributed by atoms with Gasteiger partial charge in [-0.1, -0.05) is 30.3 Å². The largest absolute Gasteiger partial charge is 0.508 e. The lowest BCUT2D eigenvalue weighted by Gasteiger charge is -2.56. The van der Waals surface area contributed by atoms with E-state index in [1.807, 2.05) is 12.1 Å². The molecule has 3 aliphatic rings. The smallest absolute Gasteiger partial charge is 0.115 e. The van der Waals surface area contributed by atoms with E-state index in [1.54, 1.807) is 6.07 Å². The summed E-state index contributed by atoms with van der Waals surface area (Å²) >= 11 is 0. The summed E-state index contributed by atoms with van der Waals surface area (Å²) in [5.74, 6) is 1.10. The predicted molar refractivity (Wildman–Crippen MR) is 119 cm³/mol. The van der Waals surface area contributed by atoms with Crippen molar-refractivity contribution in [1.29, 1.82) is 0 Å². The molecule has 1 saturated heterocycles. The number of para-hydroxylation sites is 1. The van der Waals surface area contributed by atoms with Crippen LogP contribution < -0.4 is 0 Å². The Bertz CT molecular complexity index is 1130. The molecule has 2 N–H and O–H groups in total. The summed E-state index contributed by atoms with van der Waals surface area (Å²) in [4.78, 5) is 2.49. The summed E-state index contributed by atoms with van der Waals surface area (Å²) in [5.41, 5.74) is 3.74. The molecule has 2 aromatic carbocycles. The van der Waals surface area contributed by atoms with E-state index in [0.29, 0.717) is 13.0 Å². The van der Waals surface area contributed by atoms with E-state index in [1.165, 1.54) is 35.0 Å². The van der Waals surface area contributed by atoms with Crippen LogP contribution in [0.2, 0.25) is 0 Å². The van der Waals surface area contributed by atoms with Crippen molar-refractivity contribution < 1.29 is 10.2 Å². The predicted octanol–water partition coefficient (Wildman–Crippen LogP) is 3.77. The SMILES string of the molecule is Cn1c2c(c3ccccc31)C[C@]1(O)CN(CC3CC3)CC[C@@]1(c1cccc(O)c1)C2. The normalized spacial score (nSPS) is 29.0. The zero-order valence-corrected chi connectivity index (χ0v) is 17.6. The van der Waals surface area contributed by atoms with Crippen LogP contribution in [0.4, 0.5) is 0 Å². The van der Waals surface area contributed by atoms with Crippen molar-refractivity contribution in [1.82, 2.24) is 9.47 Å². The van der Waals surface area contributed by atoms with Crippen molar-refractivity contribution in [3.63, 3.8) is 0 Å². The molecule has 3 aromatic rings. The minimum atomic E-state index is -0.842. The van der Waals surface area contributed by atoms with E-state index in [4.69, 9.17) is 0 Å². The first kappa shape index (κ1) is 18.5. The Morgan fingerprint density at radius 2 is 1.90 bits per heavy atom. The van der Waals surface area contributed by atoms with Crippen LogP contribution in [-0.4, -0.2) is 44.9 Å². The number of β-amino-alcohol motifs (C(OH)–C–C–N with tert-alkyl or cyclic N) is 1. The standard InChI is InChI=1S/C26H30N2O2/c1-27-23-8-3-2-7-21(23)22-14-26(30)17-28(16-18-9-10-18)12-11-25(26,15-24(22)27)19-5-4-6-20(29)13-19/h2-8,13,18,29-30H,9-12,14-17H2,1H3/t25-,26-/m0/s1. The average Bonchev–Trinajstić information content (AvgIpc) is 3.51. The second-order valence-electron chi connectivity index (χ2n) is 9.95. The fourth-order valence-corrected chi connectivity index (χ4v) is 6.33. The number of aromatic hydroxyl groups is 1. The molecule has 1 aromatic heterocycles. The molecule has 6 rings (SSSR count). The number of nitrogens with zero attached hydrogens (tertiary/aromatic N) is 2. The molecule has 2 heterocycles. The zero-order valence-electron chi connectivity index (χ0n) is 17.6. The highest BCUT2D eigenvalue weighted by Crippen LogP contribution is 2.52. The van der Waals surface area contributed by atoms with Gasteiger partial charge in [0.1, 0.15) is 5.75 Å². The summed E-state index contributed by atoms with van der Waals surface area (Å²) in [6.07, 6.45) is 5.06. The first-order chi connectivity index (χ1) is 14.5. The van der Waals surface area contributed by atoms with Gasteiger partial charge in [-0.25, -0.2) is 0 Å². The number of benzene rings is 2. The number of aromatic nitrogens is 1. The molecule has 2 aliphatic carbocycles. The lowest BCUT2D eigenvalue weighted by Crippen LogP contribution is -2.66. The summed E-state index contributed by atoms with van der Waals surface area (Å²) in [6, 6.07) is 16.2. The maximum absolute atomic E-state index is 12.4. The molecule has 0 spiro atoms. The number of phenols is 1. The van der Waals surface area contributed by atoms with Gasteiger partial charge in [0.25, 0.3) is 0 Å². The van der Waals surface area contributed by atoms with Gasteiger partial charge in [0, 0.05) is 55.0 Å². The van der Waals surface area contributed by atoms with Crippen molar-refractivity contribution in [2.45, 2.75) is 43.1 Å². The van der Waals surface area contributed by atoms with Crippen LogP contribution in [0.5, 0.6) is 5.75 Å². The Hall–Kier alpha value is -2.30. The fourth-order valence-electron chi connectivity index (χ4n) is 6.33. The number of hydrogen-bond acceptors (Lipinski definition) is 3. The van der Waals surface area contributed by atoms with Gasteiger partial charge in [0.05, 0.1) is 5.60 Å². The Morgan fingerprint density at radius 3 is 2.70 bits per heavy atom. The summed E-state index contributed by atoms with van der Waals surface area (Å²) in [5, 5.41) is 23.9. The molecular weight excluding hydrogens is 372 g/mol. The van der Waals surface area contributed by atoms with E-state index in [-0.39, 0.29) is 11.2 Å². The van der Waals surface area contributed by atoms with Crippen LogP contribution >= 0.6 is 0 Å². The van der Waals surface area contributed by atoms with E-state index in [0.717, 1.165) is 37.4 Å². The Balaban J connectivity index is 1.52. The summed E-state index contributed by atoms with van der Waals surface area (Å²) in [6.45, 7) is 2.83. The molecule has 0 radical (unpaired) electrons. The van der Waals surface area contributed by atoms with E-state index in [2.05, 4.69) is 46.8 Å². The summed E-state index contributed by atoms with van der Waals surface area (Å²) in [7, 11) is 2.16. The van der Waals surface area contributed by atoms with Crippen molar-refractivity contribution >= 4 is 10.9 Å². The number of aryl methyl sites for hydroxylation is 1. The molecular formula is C26H30N2O2. The second kappa shape index (κ2) is 6.35. The quantitative estimate of drug-likeness (QED) is 0.701. The van der Waals surface area contributed by atoms with Gasteiger partial charge in [-0.2, -0.15) is 0 Å². The Kier molecular flexibility index (Phi) is 3.91. The first-order valence-electron chi connectivity index (χ1n) is 11.3. The molecule has 0 unspecified atom stereocenters. The van der Waals surface area contributed by atoms with Gasteiger partial charge in [-0.05, 0) is 61.1 Å². The molecule has 0 amide bonds. The third-order valence-corrected chi connectivity index (χ3v) is 8.13. The number of likely N-dealkylation sites (tertiary alicyclic amines) is 1. The number of fused-ring (bicyclic) bond motifs is 4. The molecule has 4 heteroatoms. The minimum absolute atomic E-state index is 0.285. The van der Waals surface area contributed by atoms with Crippen LogP contribution in [0.15, 0.2) is 48.5 Å². The Labute approximate surface area is 177 Å². The van der Waals surface area contributed by atoms with Gasteiger partial charge >= 0.3 is 0 Å². The van der Waals surface area contributed by atoms with Crippen LogP contribution in [0.1, 0.15) is 36.1 Å². The minimum Gasteiger partial charge on any atom is -0.508 e. The van der Waals surface area contributed by atoms with Gasteiger partial charge in [0.15, 0.2) is 0 Å². The number of phenolic OH excluding ortho intramolecular Hbond substituents is 1. The van der Waals surface area contributed by atoms with Crippen LogP contribution in [0, 0.1) is 5.92 Å². The van der Waals surface area contributed by atoms with Crippen molar-refractivity contribution in [2.24, 2.45) is 13.0 Å². The number of hydrogen-bond donors (Lipinski definition) is 2. The number of rotatable bonds is 3. The molecule has 156 valence electrons. The third-order valence-electron chi connectivity index (χ3n) is 8.13. The highest BCUT2D eigenvalue weighted by molar-refractivity contribution is 5.86. The lowest BCUT2D eigenvalue weighted by atomic mass is 9.56. The molecule has 2 fully saturated rings. The lowest BCUT2D eigenvalue weighted by molar-refractivity contribution is -0.104.